The van der Waals surface area contributed by atoms with E-state index in [9.17, 15) is 13.2 Å². The molecule has 5 nitrogen and oxygen atoms in total. The maximum atomic E-state index is 11.9. The van der Waals surface area contributed by atoms with Crippen LogP contribution in [0.4, 0.5) is 0 Å². The maximum absolute atomic E-state index is 11.9. The normalized spacial score (nSPS) is 19.4. The van der Waals surface area contributed by atoms with Crippen molar-refractivity contribution in [1.82, 2.24) is 10.0 Å². The summed E-state index contributed by atoms with van der Waals surface area (Å²) in [6, 6.07) is -0.479. The van der Waals surface area contributed by atoms with Gasteiger partial charge >= 0.3 is 0 Å². The molecular formula is C12H24N2O3S. The van der Waals surface area contributed by atoms with Gasteiger partial charge in [-0.2, -0.15) is 0 Å². The Morgan fingerprint density at radius 1 is 1.28 bits per heavy atom. The van der Waals surface area contributed by atoms with Crippen LogP contribution in [0.1, 0.15) is 52.4 Å². The van der Waals surface area contributed by atoms with Crippen molar-refractivity contribution in [2.24, 2.45) is 0 Å². The molecule has 1 aliphatic carbocycles. The second-order valence-corrected chi connectivity index (χ2v) is 6.88. The largest absolute Gasteiger partial charge is 0.352 e. The molecular weight excluding hydrogens is 252 g/mol. The van der Waals surface area contributed by atoms with Crippen molar-refractivity contribution in [3.05, 3.63) is 0 Å². The Morgan fingerprint density at radius 3 is 2.44 bits per heavy atom. The number of hydrogen-bond acceptors (Lipinski definition) is 3. The first-order valence-electron chi connectivity index (χ1n) is 6.75. The predicted octanol–water partition coefficient (Wildman–Crippen LogP) is 1.15. The molecule has 0 aromatic heterocycles. The van der Waals surface area contributed by atoms with E-state index in [4.69, 9.17) is 0 Å². The van der Waals surface area contributed by atoms with Crippen molar-refractivity contribution in [2.45, 2.75) is 64.5 Å². The SMILES string of the molecule is CCCS(=O)(=O)NC(C)C(=O)NC1CCCCC1. The van der Waals surface area contributed by atoms with Gasteiger partial charge in [-0.15, -0.1) is 0 Å². The van der Waals surface area contributed by atoms with E-state index in [1.165, 1.54) is 6.42 Å². The van der Waals surface area contributed by atoms with E-state index in [1.807, 2.05) is 0 Å². The lowest BCUT2D eigenvalue weighted by molar-refractivity contribution is -0.123. The Kier molecular flexibility index (Phi) is 6.08. The first-order chi connectivity index (χ1) is 8.44. The summed E-state index contributed by atoms with van der Waals surface area (Å²) in [6.45, 7) is 3.39. The lowest BCUT2D eigenvalue weighted by Crippen LogP contribution is -2.48. The highest BCUT2D eigenvalue weighted by Crippen LogP contribution is 2.17. The van der Waals surface area contributed by atoms with E-state index in [0.717, 1.165) is 25.7 Å². The quantitative estimate of drug-likeness (QED) is 0.764. The monoisotopic (exact) mass is 276 g/mol. The van der Waals surface area contributed by atoms with E-state index in [2.05, 4.69) is 10.0 Å². The Morgan fingerprint density at radius 2 is 1.89 bits per heavy atom. The van der Waals surface area contributed by atoms with Gasteiger partial charge in [0.25, 0.3) is 0 Å². The van der Waals surface area contributed by atoms with Gasteiger partial charge in [-0.1, -0.05) is 26.2 Å². The summed E-state index contributed by atoms with van der Waals surface area (Å²) >= 11 is 0. The lowest BCUT2D eigenvalue weighted by atomic mass is 9.95. The molecule has 1 rings (SSSR count). The Bertz CT molecular complexity index is 362. The molecule has 1 saturated carbocycles. The van der Waals surface area contributed by atoms with Crippen LogP contribution in [-0.4, -0.2) is 32.2 Å². The van der Waals surface area contributed by atoms with Gasteiger partial charge in [-0.05, 0) is 26.2 Å². The third-order valence-electron chi connectivity index (χ3n) is 3.17. The Hall–Kier alpha value is -0.620. The van der Waals surface area contributed by atoms with E-state index >= 15 is 0 Å². The molecule has 0 aromatic carbocycles. The molecule has 1 atom stereocenters. The highest BCUT2D eigenvalue weighted by Gasteiger charge is 2.22. The van der Waals surface area contributed by atoms with Crippen LogP contribution < -0.4 is 10.0 Å². The van der Waals surface area contributed by atoms with Crippen LogP contribution in [0.25, 0.3) is 0 Å². The Balaban J connectivity index is 2.41. The number of nitrogens with one attached hydrogen (secondary N) is 2. The van der Waals surface area contributed by atoms with Crippen LogP contribution in [0.15, 0.2) is 0 Å². The average Bonchev–Trinajstić information content (AvgIpc) is 2.29. The number of amides is 1. The number of sulfonamides is 1. The highest BCUT2D eigenvalue weighted by atomic mass is 32.2. The summed E-state index contributed by atoms with van der Waals surface area (Å²) in [7, 11) is -3.33. The standard InChI is InChI=1S/C12H24N2O3S/c1-3-9-18(16,17)14-10(2)12(15)13-11-7-5-4-6-8-11/h10-11,14H,3-9H2,1-2H3,(H,13,15). The van der Waals surface area contributed by atoms with E-state index < -0.39 is 16.1 Å². The van der Waals surface area contributed by atoms with Crippen LogP contribution in [0.2, 0.25) is 0 Å². The number of hydrogen-bond donors (Lipinski definition) is 2. The average molecular weight is 276 g/mol. The summed E-state index contributed by atoms with van der Waals surface area (Å²) in [5.74, 6) is -0.157. The first-order valence-corrected chi connectivity index (χ1v) is 8.40. The summed E-state index contributed by atoms with van der Waals surface area (Å²) in [6.07, 6.45) is 6.06. The van der Waals surface area contributed by atoms with Crippen molar-refractivity contribution < 1.29 is 13.2 Å². The van der Waals surface area contributed by atoms with Crippen molar-refractivity contribution in [3.63, 3.8) is 0 Å². The molecule has 1 aliphatic rings. The minimum Gasteiger partial charge on any atom is -0.352 e. The van der Waals surface area contributed by atoms with Crippen LogP contribution in [0.5, 0.6) is 0 Å². The van der Waals surface area contributed by atoms with Gasteiger partial charge in [0.1, 0.15) is 0 Å². The van der Waals surface area contributed by atoms with Crippen LogP contribution >= 0.6 is 0 Å². The van der Waals surface area contributed by atoms with Gasteiger partial charge in [0.2, 0.25) is 15.9 Å². The third kappa shape index (κ3) is 5.35. The van der Waals surface area contributed by atoms with Gasteiger partial charge in [0, 0.05) is 6.04 Å². The summed E-state index contributed by atoms with van der Waals surface area (Å²) in [5, 5.41) is 2.92. The zero-order valence-electron chi connectivity index (χ0n) is 11.2. The molecule has 2 N–H and O–H groups in total. The number of carbonyl (C=O) groups is 1. The molecule has 0 aliphatic heterocycles. The summed E-state index contributed by atoms with van der Waals surface area (Å²) < 4.78 is 25.5. The minimum atomic E-state index is -3.33. The van der Waals surface area contributed by atoms with Gasteiger partial charge in [-0.3, -0.25) is 4.79 Å². The molecule has 1 unspecified atom stereocenters. The zero-order valence-corrected chi connectivity index (χ0v) is 12.1. The van der Waals surface area contributed by atoms with Gasteiger partial charge in [0.15, 0.2) is 0 Å². The van der Waals surface area contributed by atoms with E-state index in [1.54, 1.807) is 13.8 Å². The maximum Gasteiger partial charge on any atom is 0.238 e. The molecule has 0 bridgehead atoms. The molecule has 0 radical (unpaired) electrons. The fourth-order valence-corrected chi connectivity index (χ4v) is 3.52. The second-order valence-electron chi connectivity index (χ2n) is 5.00. The smallest absolute Gasteiger partial charge is 0.238 e. The Labute approximate surface area is 110 Å². The molecule has 18 heavy (non-hydrogen) atoms. The molecule has 1 fully saturated rings. The van der Waals surface area contributed by atoms with Gasteiger partial charge < -0.3 is 5.32 Å². The highest BCUT2D eigenvalue weighted by molar-refractivity contribution is 7.89. The molecule has 0 saturated heterocycles. The van der Waals surface area contributed by atoms with E-state index in [0.29, 0.717) is 6.42 Å². The number of carbonyl (C=O) groups excluding carboxylic acids is 1. The molecule has 6 heteroatoms. The van der Waals surface area contributed by atoms with Crippen molar-refractivity contribution in [2.75, 3.05) is 5.75 Å². The summed E-state index contributed by atoms with van der Waals surface area (Å²) in [4.78, 5) is 11.9. The summed E-state index contributed by atoms with van der Waals surface area (Å²) in [5.41, 5.74) is 0. The minimum absolute atomic E-state index is 0.0635. The second kappa shape index (κ2) is 7.09. The third-order valence-corrected chi connectivity index (χ3v) is 4.83. The van der Waals surface area contributed by atoms with Gasteiger partial charge in [0.05, 0.1) is 11.8 Å². The molecule has 1 amide bonds. The van der Waals surface area contributed by atoms with Gasteiger partial charge in [-0.25, -0.2) is 13.1 Å². The molecule has 0 heterocycles. The molecule has 0 spiro atoms. The van der Waals surface area contributed by atoms with Crippen LogP contribution in [0.3, 0.4) is 0 Å². The first kappa shape index (κ1) is 15.4. The zero-order chi connectivity index (χ0) is 13.6. The fraction of sp³-hybridized carbons (Fsp3) is 0.917. The van der Waals surface area contributed by atoms with Crippen molar-refractivity contribution >= 4 is 15.9 Å². The molecule has 0 aromatic rings. The predicted molar refractivity (Wildman–Crippen MR) is 71.7 cm³/mol. The van der Waals surface area contributed by atoms with Crippen LogP contribution in [-0.2, 0) is 14.8 Å². The lowest BCUT2D eigenvalue weighted by Gasteiger charge is -2.24. The van der Waals surface area contributed by atoms with Crippen LogP contribution in [0, 0.1) is 0 Å². The topological polar surface area (TPSA) is 75.3 Å². The van der Waals surface area contributed by atoms with Crippen molar-refractivity contribution in [1.29, 1.82) is 0 Å². The fourth-order valence-electron chi connectivity index (χ4n) is 2.22. The molecule has 106 valence electrons. The number of rotatable bonds is 6. The van der Waals surface area contributed by atoms with Crippen molar-refractivity contribution in [3.8, 4) is 0 Å². The van der Waals surface area contributed by atoms with E-state index in [-0.39, 0.29) is 17.7 Å².